The van der Waals surface area contributed by atoms with Gasteiger partial charge < -0.3 is 8.94 Å². The van der Waals surface area contributed by atoms with E-state index in [0.717, 1.165) is 33.8 Å². The van der Waals surface area contributed by atoms with Gasteiger partial charge in [-0.05, 0) is 39.0 Å². The van der Waals surface area contributed by atoms with Crippen LogP contribution in [-0.4, -0.2) is 30.1 Å². The molecule has 5 rings (SSSR count). The van der Waals surface area contributed by atoms with Gasteiger partial charge in [-0.15, -0.1) is 5.10 Å². The average molecular weight is 412 g/mol. The molecule has 0 fully saturated rings. The van der Waals surface area contributed by atoms with Crippen molar-refractivity contribution in [3.63, 3.8) is 0 Å². The van der Waals surface area contributed by atoms with Crippen LogP contribution in [-0.2, 0) is 6.54 Å². The lowest BCUT2D eigenvalue weighted by Crippen LogP contribution is -2.05. The van der Waals surface area contributed by atoms with E-state index in [-0.39, 0.29) is 0 Å². The van der Waals surface area contributed by atoms with Crippen LogP contribution in [0.2, 0.25) is 0 Å². The molecule has 0 spiro atoms. The maximum absolute atomic E-state index is 5.85. The van der Waals surface area contributed by atoms with Crippen molar-refractivity contribution in [2.45, 2.75) is 27.3 Å². The molecule has 0 radical (unpaired) electrons. The molecule has 8 heteroatoms. The van der Waals surface area contributed by atoms with Crippen LogP contribution in [0.5, 0.6) is 0 Å². The number of hydrogen-bond donors (Lipinski definition) is 0. The van der Waals surface area contributed by atoms with E-state index in [0.29, 0.717) is 29.8 Å². The number of nitrogens with zero attached hydrogens (tertiary/aromatic N) is 6. The Morgan fingerprint density at radius 1 is 0.871 bits per heavy atom. The van der Waals surface area contributed by atoms with E-state index >= 15 is 0 Å². The third-order valence-electron chi connectivity index (χ3n) is 5.10. The maximum Gasteiger partial charge on any atom is 0.280 e. The van der Waals surface area contributed by atoms with Gasteiger partial charge in [0.05, 0.1) is 12.2 Å². The van der Waals surface area contributed by atoms with Crippen molar-refractivity contribution in [2.24, 2.45) is 0 Å². The second kappa shape index (κ2) is 7.64. The molecule has 31 heavy (non-hydrogen) atoms. The van der Waals surface area contributed by atoms with E-state index < -0.39 is 0 Å². The van der Waals surface area contributed by atoms with Crippen LogP contribution in [0.15, 0.2) is 63.5 Å². The molecule has 3 aromatic heterocycles. The fourth-order valence-electron chi connectivity index (χ4n) is 3.35. The minimum atomic E-state index is 0.335. The molecule has 0 saturated heterocycles. The lowest BCUT2D eigenvalue weighted by molar-refractivity contribution is 0.430. The Labute approximate surface area is 178 Å². The first-order chi connectivity index (χ1) is 15.1. The van der Waals surface area contributed by atoms with Gasteiger partial charge in [0.25, 0.3) is 5.89 Å². The number of rotatable bonds is 5. The number of aryl methyl sites for hydroxylation is 2. The van der Waals surface area contributed by atoms with Crippen LogP contribution in [0.25, 0.3) is 34.4 Å². The van der Waals surface area contributed by atoms with Crippen molar-refractivity contribution in [2.75, 3.05) is 0 Å². The first kappa shape index (κ1) is 18.9. The molecule has 5 aromatic rings. The predicted molar refractivity (Wildman–Crippen MR) is 114 cm³/mol. The maximum atomic E-state index is 5.85. The molecule has 0 aliphatic carbocycles. The SMILES string of the molecule is Cc1cccc(-c2noc(-c3nnn(Cc4nc(-c5ccccc5)oc4C)c3C)n2)c1. The van der Waals surface area contributed by atoms with Crippen LogP contribution in [0.1, 0.15) is 22.7 Å². The van der Waals surface area contributed by atoms with Gasteiger partial charge in [0.1, 0.15) is 11.5 Å². The van der Waals surface area contributed by atoms with Gasteiger partial charge in [0.2, 0.25) is 11.7 Å². The van der Waals surface area contributed by atoms with Crippen LogP contribution >= 0.6 is 0 Å². The van der Waals surface area contributed by atoms with Crippen molar-refractivity contribution >= 4 is 0 Å². The zero-order valence-corrected chi connectivity index (χ0v) is 17.4. The summed E-state index contributed by atoms with van der Waals surface area (Å²) in [7, 11) is 0. The summed E-state index contributed by atoms with van der Waals surface area (Å²) < 4.78 is 13.1. The first-order valence-corrected chi connectivity index (χ1v) is 9.91. The molecule has 0 bridgehead atoms. The molecule has 8 nitrogen and oxygen atoms in total. The van der Waals surface area contributed by atoms with Gasteiger partial charge in [0, 0.05) is 11.1 Å². The smallest absolute Gasteiger partial charge is 0.280 e. The molecule has 0 N–H and O–H groups in total. The summed E-state index contributed by atoms with van der Waals surface area (Å²) in [4.78, 5) is 9.15. The average Bonchev–Trinajstić information content (AvgIpc) is 3.49. The molecule has 0 saturated carbocycles. The van der Waals surface area contributed by atoms with Crippen molar-refractivity contribution in [1.82, 2.24) is 30.1 Å². The zero-order valence-electron chi connectivity index (χ0n) is 17.4. The van der Waals surface area contributed by atoms with E-state index in [1.807, 2.05) is 75.4 Å². The first-order valence-electron chi connectivity index (χ1n) is 9.91. The second-order valence-electron chi connectivity index (χ2n) is 7.36. The molecule has 0 aliphatic heterocycles. The minimum Gasteiger partial charge on any atom is -0.441 e. The highest BCUT2D eigenvalue weighted by molar-refractivity contribution is 5.59. The summed E-state index contributed by atoms with van der Waals surface area (Å²) in [6.45, 7) is 6.27. The fourth-order valence-corrected chi connectivity index (χ4v) is 3.35. The van der Waals surface area contributed by atoms with E-state index in [4.69, 9.17) is 8.94 Å². The monoisotopic (exact) mass is 412 g/mol. The van der Waals surface area contributed by atoms with Gasteiger partial charge in [-0.3, -0.25) is 0 Å². The Bertz CT molecular complexity index is 1350. The molecule has 2 aromatic carbocycles. The molecule has 0 aliphatic rings. The zero-order chi connectivity index (χ0) is 21.4. The van der Waals surface area contributed by atoms with E-state index in [2.05, 4.69) is 25.4 Å². The molecule has 0 unspecified atom stereocenters. The van der Waals surface area contributed by atoms with Gasteiger partial charge in [-0.2, -0.15) is 4.98 Å². The van der Waals surface area contributed by atoms with Crippen molar-refractivity contribution < 1.29 is 8.94 Å². The summed E-state index contributed by atoms with van der Waals surface area (Å²) in [5, 5.41) is 12.6. The van der Waals surface area contributed by atoms with Crippen LogP contribution < -0.4 is 0 Å². The number of oxazole rings is 1. The standard InChI is InChI=1S/C23H20N6O2/c1-14-8-7-11-18(12-14)21-25-23(31-27-21)20-15(2)29(28-26-20)13-19-16(3)30-22(24-19)17-9-5-4-6-10-17/h4-12H,13H2,1-3H3. The van der Waals surface area contributed by atoms with E-state index in [9.17, 15) is 0 Å². The number of hydrogen-bond acceptors (Lipinski definition) is 7. The van der Waals surface area contributed by atoms with E-state index in [1.165, 1.54) is 0 Å². The Hall–Kier alpha value is -4.07. The van der Waals surface area contributed by atoms with Crippen LogP contribution in [0.4, 0.5) is 0 Å². The van der Waals surface area contributed by atoms with Gasteiger partial charge in [-0.25, -0.2) is 9.67 Å². The summed E-state index contributed by atoms with van der Waals surface area (Å²) in [6, 6.07) is 17.8. The van der Waals surface area contributed by atoms with Crippen molar-refractivity contribution in [3.05, 3.63) is 77.3 Å². The van der Waals surface area contributed by atoms with Gasteiger partial charge in [-0.1, -0.05) is 52.3 Å². The van der Waals surface area contributed by atoms with Crippen molar-refractivity contribution in [1.29, 1.82) is 0 Å². The molecular weight excluding hydrogens is 392 g/mol. The molecule has 3 heterocycles. The summed E-state index contributed by atoms with van der Waals surface area (Å²) in [5.74, 6) is 2.19. The van der Waals surface area contributed by atoms with Crippen molar-refractivity contribution in [3.8, 4) is 34.4 Å². The topological polar surface area (TPSA) is 95.7 Å². The Morgan fingerprint density at radius 2 is 1.68 bits per heavy atom. The van der Waals surface area contributed by atoms with E-state index in [1.54, 1.807) is 4.68 Å². The highest BCUT2D eigenvalue weighted by atomic mass is 16.5. The Morgan fingerprint density at radius 3 is 2.48 bits per heavy atom. The molecule has 0 amide bonds. The lowest BCUT2D eigenvalue weighted by Gasteiger charge is -2.00. The Balaban J connectivity index is 1.41. The summed E-state index contributed by atoms with van der Waals surface area (Å²) >= 11 is 0. The highest BCUT2D eigenvalue weighted by Crippen LogP contribution is 2.25. The Kier molecular flexibility index (Phi) is 4.66. The fraction of sp³-hybridized carbons (Fsp3) is 0.174. The number of aromatic nitrogens is 6. The van der Waals surface area contributed by atoms with Gasteiger partial charge in [0.15, 0.2) is 5.69 Å². The quantitative estimate of drug-likeness (QED) is 0.415. The highest BCUT2D eigenvalue weighted by Gasteiger charge is 2.20. The predicted octanol–water partition coefficient (Wildman–Crippen LogP) is 4.62. The summed E-state index contributed by atoms with van der Waals surface area (Å²) in [6.07, 6.45) is 0. The third kappa shape index (κ3) is 3.63. The number of benzene rings is 2. The van der Waals surface area contributed by atoms with Crippen LogP contribution in [0.3, 0.4) is 0 Å². The largest absolute Gasteiger partial charge is 0.441 e. The summed E-state index contributed by atoms with van der Waals surface area (Å²) in [5.41, 5.74) is 5.11. The van der Waals surface area contributed by atoms with Gasteiger partial charge >= 0.3 is 0 Å². The molecule has 154 valence electrons. The molecule has 0 atom stereocenters. The second-order valence-corrected chi connectivity index (χ2v) is 7.36. The normalized spacial score (nSPS) is 11.2. The minimum absolute atomic E-state index is 0.335. The lowest BCUT2D eigenvalue weighted by atomic mass is 10.1. The third-order valence-corrected chi connectivity index (χ3v) is 5.10. The molecular formula is C23H20N6O2. The van der Waals surface area contributed by atoms with Crippen LogP contribution in [0, 0.1) is 20.8 Å².